The fourth-order valence-electron chi connectivity index (χ4n) is 6.60. The van der Waals surface area contributed by atoms with E-state index < -0.39 is 11.1 Å². The number of unbranched alkanes of at least 4 members (excludes halogenated alkanes) is 9. The van der Waals surface area contributed by atoms with Crippen molar-refractivity contribution in [2.45, 2.75) is 154 Å². The Balaban J connectivity index is 1.95. The van der Waals surface area contributed by atoms with Crippen LogP contribution < -0.4 is 5.32 Å². The number of amides is 4. The van der Waals surface area contributed by atoms with Crippen molar-refractivity contribution in [3.8, 4) is 0 Å². The normalized spacial score (nSPS) is 24.6. The summed E-state index contributed by atoms with van der Waals surface area (Å²) in [6.07, 6.45) is 16.0. The molecule has 2 saturated heterocycles. The second kappa shape index (κ2) is 12.4. The maximum atomic E-state index is 13.6. The molecule has 0 aliphatic carbocycles. The Morgan fingerprint density at radius 1 is 0.824 bits per heavy atom. The van der Waals surface area contributed by atoms with E-state index >= 15 is 0 Å². The Morgan fingerprint density at radius 3 is 1.91 bits per heavy atom. The smallest absolute Gasteiger partial charge is 0.325 e. The molecule has 2 aliphatic heterocycles. The first-order valence-corrected chi connectivity index (χ1v) is 13.9. The highest BCUT2D eigenvalue weighted by Crippen LogP contribution is 2.41. The van der Waals surface area contributed by atoms with Crippen LogP contribution >= 0.6 is 0 Å². The van der Waals surface area contributed by atoms with E-state index in [0.29, 0.717) is 19.4 Å². The zero-order valence-corrected chi connectivity index (χ0v) is 22.9. The van der Waals surface area contributed by atoms with Gasteiger partial charge in [0.15, 0.2) is 0 Å². The van der Waals surface area contributed by atoms with Gasteiger partial charge in [-0.1, -0.05) is 77.6 Å². The molecule has 0 bridgehead atoms. The highest BCUT2D eigenvalue weighted by molar-refractivity contribution is 6.07. The van der Waals surface area contributed by atoms with Crippen LogP contribution in [-0.4, -0.2) is 50.8 Å². The van der Waals surface area contributed by atoms with Crippen molar-refractivity contribution in [1.29, 1.82) is 0 Å². The van der Waals surface area contributed by atoms with E-state index in [1.54, 1.807) is 6.92 Å². The van der Waals surface area contributed by atoms with Crippen molar-refractivity contribution in [3.63, 3.8) is 0 Å². The quantitative estimate of drug-likeness (QED) is 0.270. The standard InChI is InChI=1S/C28H51N3O3/c1-7-8-9-10-11-12-13-14-15-18-21-30-24(33)28(29-25(30)34)20-17-16-19-26(3,4)31(23(2)32)27(5,6)22-28/h7-22H2,1-6H3,(H,29,34). The molecule has 0 aromatic rings. The zero-order valence-electron chi connectivity index (χ0n) is 22.9. The summed E-state index contributed by atoms with van der Waals surface area (Å²) in [7, 11) is 0. The molecule has 0 aromatic heterocycles. The molecule has 0 saturated carbocycles. The third-order valence-electron chi connectivity index (χ3n) is 7.88. The maximum Gasteiger partial charge on any atom is 0.325 e. The minimum absolute atomic E-state index is 0.0195. The third-order valence-corrected chi connectivity index (χ3v) is 7.88. The van der Waals surface area contributed by atoms with Gasteiger partial charge in [-0.15, -0.1) is 0 Å². The summed E-state index contributed by atoms with van der Waals surface area (Å²) in [4.78, 5) is 42.6. The van der Waals surface area contributed by atoms with Crippen molar-refractivity contribution < 1.29 is 14.4 Å². The molecule has 1 unspecified atom stereocenters. The number of carbonyl (C=O) groups is 3. The maximum absolute atomic E-state index is 13.6. The van der Waals surface area contributed by atoms with Gasteiger partial charge in [0.1, 0.15) is 5.54 Å². The summed E-state index contributed by atoms with van der Waals surface area (Å²) in [5.41, 5.74) is -1.74. The molecule has 2 fully saturated rings. The number of urea groups is 1. The lowest BCUT2D eigenvalue weighted by atomic mass is 9.79. The third kappa shape index (κ3) is 7.21. The van der Waals surface area contributed by atoms with Gasteiger partial charge in [0.05, 0.1) is 0 Å². The SMILES string of the molecule is CCCCCCCCCCCCN1C(=O)NC2(CCCCC(C)(C)N(C(C)=O)C(C)(C)C2)C1=O. The minimum atomic E-state index is -0.910. The predicted molar refractivity (Wildman–Crippen MR) is 139 cm³/mol. The Bertz CT molecular complexity index is 703. The first-order chi connectivity index (χ1) is 16.0. The van der Waals surface area contributed by atoms with E-state index in [1.807, 2.05) is 18.7 Å². The van der Waals surface area contributed by atoms with Gasteiger partial charge in [-0.3, -0.25) is 14.5 Å². The van der Waals surface area contributed by atoms with Gasteiger partial charge in [0.2, 0.25) is 5.91 Å². The summed E-state index contributed by atoms with van der Waals surface area (Å²) >= 11 is 0. The first kappa shape index (κ1) is 28.6. The van der Waals surface area contributed by atoms with Crippen molar-refractivity contribution in [2.75, 3.05) is 6.54 Å². The predicted octanol–water partition coefficient (Wildman–Crippen LogP) is 6.57. The number of nitrogens with one attached hydrogen (secondary N) is 1. The molecule has 6 nitrogen and oxygen atoms in total. The van der Waals surface area contributed by atoms with Crippen LogP contribution in [0.25, 0.3) is 0 Å². The molecule has 6 heteroatoms. The lowest BCUT2D eigenvalue weighted by molar-refractivity contribution is -0.145. The lowest BCUT2D eigenvalue weighted by Crippen LogP contribution is -2.62. The van der Waals surface area contributed by atoms with Crippen LogP contribution in [0.2, 0.25) is 0 Å². The van der Waals surface area contributed by atoms with Gasteiger partial charge >= 0.3 is 6.03 Å². The zero-order chi connectivity index (χ0) is 25.4. The second-order valence-electron chi connectivity index (χ2n) is 12.0. The molecule has 2 heterocycles. The molecule has 2 rings (SSSR count). The summed E-state index contributed by atoms with van der Waals surface area (Å²) in [5.74, 6) is -0.0734. The van der Waals surface area contributed by atoms with Gasteiger partial charge in [-0.2, -0.15) is 0 Å². The molecule has 0 radical (unpaired) electrons. The molecule has 1 spiro atoms. The highest BCUT2D eigenvalue weighted by atomic mass is 16.2. The number of rotatable bonds is 11. The van der Waals surface area contributed by atoms with Crippen molar-refractivity contribution >= 4 is 17.8 Å². The Hall–Kier alpha value is -1.59. The minimum Gasteiger partial charge on any atom is -0.333 e. The van der Waals surface area contributed by atoms with Gasteiger partial charge in [-0.25, -0.2) is 4.79 Å². The molecule has 1 atom stereocenters. The number of imide groups is 1. The van der Waals surface area contributed by atoms with E-state index in [9.17, 15) is 14.4 Å². The van der Waals surface area contributed by atoms with Crippen molar-refractivity contribution in [2.24, 2.45) is 0 Å². The van der Waals surface area contributed by atoms with E-state index in [2.05, 4.69) is 26.1 Å². The Labute approximate surface area is 208 Å². The highest BCUT2D eigenvalue weighted by Gasteiger charge is 2.55. The largest absolute Gasteiger partial charge is 0.333 e. The average Bonchev–Trinajstić information content (AvgIpc) is 2.96. The van der Waals surface area contributed by atoms with Gasteiger partial charge in [0, 0.05) is 31.0 Å². The number of hydrogen-bond acceptors (Lipinski definition) is 3. The van der Waals surface area contributed by atoms with Crippen LogP contribution in [0, 0.1) is 0 Å². The summed E-state index contributed by atoms with van der Waals surface area (Å²) in [5, 5.41) is 3.09. The molecule has 196 valence electrons. The molecule has 34 heavy (non-hydrogen) atoms. The summed E-state index contributed by atoms with van der Waals surface area (Å²) in [6.45, 7) is 12.6. The van der Waals surface area contributed by atoms with Crippen LogP contribution in [0.5, 0.6) is 0 Å². The average molecular weight is 478 g/mol. The van der Waals surface area contributed by atoms with Crippen molar-refractivity contribution in [1.82, 2.24) is 15.1 Å². The number of hydrogen-bond donors (Lipinski definition) is 1. The molecule has 0 aromatic carbocycles. The van der Waals surface area contributed by atoms with Gasteiger partial charge in [0.25, 0.3) is 5.91 Å². The van der Waals surface area contributed by atoms with E-state index in [1.165, 1.54) is 49.8 Å². The van der Waals surface area contributed by atoms with Gasteiger partial charge < -0.3 is 10.2 Å². The van der Waals surface area contributed by atoms with E-state index in [-0.39, 0.29) is 23.4 Å². The number of carbonyl (C=O) groups excluding carboxylic acids is 3. The van der Waals surface area contributed by atoms with Gasteiger partial charge in [-0.05, 0) is 47.0 Å². The lowest BCUT2D eigenvalue weighted by Gasteiger charge is -2.50. The monoisotopic (exact) mass is 477 g/mol. The number of nitrogens with zero attached hydrogens (tertiary/aromatic N) is 2. The second-order valence-corrected chi connectivity index (χ2v) is 12.0. The van der Waals surface area contributed by atoms with Crippen LogP contribution in [0.3, 0.4) is 0 Å². The molecule has 4 amide bonds. The van der Waals surface area contributed by atoms with Crippen LogP contribution in [0.4, 0.5) is 4.79 Å². The Kier molecular flexibility index (Phi) is 10.4. The molecule has 2 aliphatic rings. The van der Waals surface area contributed by atoms with Crippen LogP contribution in [0.1, 0.15) is 138 Å². The van der Waals surface area contributed by atoms with Crippen LogP contribution in [0.15, 0.2) is 0 Å². The summed E-state index contributed by atoms with van der Waals surface area (Å²) < 4.78 is 0. The van der Waals surface area contributed by atoms with Crippen molar-refractivity contribution in [3.05, 3.63) is 0 Å². The molecular formula is C28H51N3O3. The fourth-order valence-corrected chi connectivity index (χ4v) is 6.60. The molecular weight excluding hydrogens is 426 g/mol. The van der Waals surface area contributed by atoms with Crippen LogP contribution in [-0.2, 0) is 9.59 Å². The fraction of sp³-hybridized carbons (Fsp3) is 0.893. The van der Waals surface area contributed by atoms with E-state index in [0.717, 1.165) is 38.5 Å². The summed E-state index contributed by atoms with van der Waals surface area (Å²) in [6, 6.07) is -0.260. The van der Waals surface area contributed by atoms with E-state index in [4.69, 9.17) is 0 Å². The topological polar surface area (TPSA) is 69.7 Å². The molecule has 1 N–H and O–H groups in total. The Morgan fingerprint density at radius 2 is 1.35 bits per heavy atom. The first-order valence-electron chi connectivity index (χ1n) is 13.9.